The molecule has 1 aromatic heterocycles. The quantitative estimate of drug-likeness (QED) is 0.652. The van der Waals surface area contributed by atoms with Gasteiger partial charge in [-0.05, 0) is 17.7 Å². The minimum absolute atomic E-state index is 0.100. The van der Waals surface area contributed by atoms with E-state index >= 15 is 0 Å². The van der Waals surface area contributed by atoms with E-state index in [0.717, 1.165) is 5.56 Å². The zero-order valence-electron chi connectivity index (χ0n) is 11.3. The van der Waals surface area contributed by atoms with Crippen LogP contribution in [0.3, 0.4) is 0 Å². The van der Waals surface area contributed by atoms with Crippen LogP contribution in [0.25, 0.3) is 0 Å². The molecule has 0 spiro atoms. The number of rotatable bonds is 6. The zero-order valence-corrected chi connectivity index (χ0v) is 11.3. The van der Waals surface area contributed by atoms with Gasteiger partial charge in [0.1, 0.15) is 12.7 Å². The number of carbonyl (C=O) groups is 2. The summed E-state index contributed by atoms with van der Waals surface area (Å²) in [5, 5.41) is 9.09. The van der Waals surface area contributed by atoms with E-state index in [9.17, 15) is 9.59 Å². The number of nitrogens with two attached hydrogens (primary N) is 1. The summed E-state index contributed by atoms with van der Waals surface area (Å²) in [6, 6.07) is 7.34. The molecule has 0 radical (unpaired) electrons. The van der Waals surface area contributed by atoms with Gasteiger partial charge in [-0.15, -0.1) is 0 Å². The Kier molecular flexibility index (Phi) is 4.99. The highest BCUT2D eigenvalue weighted by atomic mass is 16.2. The first-order chi connectivity index (χ1) is 10.2. The highest BCUT2D eigenvalue weighted by Gasteiger charge is 2.04. The molecule has 0 aliphatic rings. The number of nitrogens with one attached hydrogen (secondary N) is 2. The molecule has 0 bridgehead atoms. The van der Waals surface area contributed by atoms with Gasteiger partial charge in [0.05, 0.1) is 19.6 Å². The van der Waals surface area contributed by atoms with Gasteiger partial charge in [0.25, 0.3) is 0 Å². The summed E-state index contributed by atoms with van der Waals surface area (Å²) in [6.07, 6.45) is 3.11. The second kappa shape index (κ2) is 7.15. The number of amides is 2. The second-order valence-corrected chi connectivity index (χ2v) is 4.32. The van der Waals surface area contributed by atoms with Gasteiger partial charge in [0.15, 0.2) is 0 Å². The molecule has 1 heterocycles. The molecule has 8 nitrogen and oxygen atoms in total. The smallest absolute Gasteiger partial charge is 0.243 e. The monoisotopic (exact) mass is 288 g/mol. The lowest BCUT2D eigenvalue weighted by molar-refractivity contribution is -0.123. The van der Waals surface area contributed by atoms with Crippen LogP contribution in [0, 0.1) is 0 Å². The molecular weight excluding hydrogens is 272 g/mol. The van der Waals surface area contributed by atoms with Crippen LogP contribution in [0.4, 0.5) is 5.69 Å². The summed E-state index contributed by atoms with van der Waals surface area (Å²) in [5.74, 6) is -0.672. The van der Waals surface area contributed by atoms with Crippen molar-refractivity contribution < 1.29 is 9.59 Å². The van der Waals surface area contributed by atoms with Crippen molar-refractivity contribution in [1.82, 2.24) is 20.1 Å². The van der Waals surface area contributed by atoms with Crippen molar-refractivity contribution in [2.24, 2.45) is 5.73 Å². The van der Waals surface area contributed by atoms with E-state index in [2.05, 4.69) is 20.7 Å². The lowest BCUT2D eigenvalue weighted by Gasteiger charge is -2.07. The zero-order chi connectivity index (χ0) is 15.1. The fourth-order valence-electron chi connectivity index (χ4n) is 1.65. The second-order valence-electron chi connectivity index (χ2n) is 4.32. The molecular formula is C13H16N6O2. The third kappa shape index (κ3) is 4.69. The highest BCUT2D eigenvalue weighted by Crippen LogP contribution is 2.10. The first-order valence-corrected chi connectivity index (χ1v) is 6.35. The summed E-state index contributed by atoms with van der Waals surface area (Å²) < 4.78 is 1.70. The molecule has 8 heteroatoms. The van der Waals surface area contributed by atoms with E-state index in [1.54, 1.807) is 23.1 Å². The van der Waals surface area contributed by atoms with Crippen molar-refractivity contribution in [2.45, 2.75) is 6.54 Å². The maximum absolute atomic E-state index is 11.6. The Bertz CT molecular complexity index is 594. The van der Waals surface area contributed by atoms with E-state index in [0.29, 0.717) is 12.2 Å². The lowest BCUT2D eigenvalue weighted by Crippen LogP contribution is -2.36. The van der Waals surface area contributed by atoms with Gasteiger partial charge in [0.2, 0.25) is 11.8 Å². The molecule has 0 aliphatic heterocycles. The maximum Gasteiger partial charge on any atom is 0.243 e. The van der Waals surface area contributed by atoms with Crippen molar-refractivity contribution in [3.63, 3.8) is 0 Å². The number of benzene rings is 1. The molecule has 2 rings (SSSR count). The van der Waals surface area contributed by atoms with Gasteiger partial charge in [-0.2, -0.15) is 5.10 Å². The Morgan fingerprint density at radius 3 is 2.57 bits per heavy atom. The maximum atomic E-state index is 11.6. The average molecular weight is 288 g/mol. The van der Waals surface area contributed by atoms with Crippen LogP contribution in [0.1, 0.15) is 5.56 Å². The Balaban J connectivity index is 1.84. The summed E-state index contributed by atoms with van der Waals surface area (Å²) in [6.45, 7) is 0.377. The molecule has 0 unspecified atom stereocenters. The van der Waals surface area contributed by atoms with Gasteiger partial charge in [0, 0.05) is 5.69 Å². The minimum atomic E-state index is -0.367. The van der Waals surface area contributed by atoms with Gasteiger partial charge < -0.3 is 16.4 Å². The van der Waals surface area contributed by atoms with Crippen LogP contribution in [0.2, 0.25) is 0 Å². The molecule has 0 aliphatic carbocycles. The topological polar surface area (TPSA) is 115 Å². The number of hydrogen-bond donors (Lipinski definition) is 3. The number of anilines is 1. The van der Waals surface area contributed by atoms with Crippen LogP contribution in [0.15, 0.2) is 36.9 Å². The molecule has 2 aromatic rings. The number of carbonyl (C=O) groups excluding carboxylic acids is 2. The normalized spacial score (nSPS) is 10.1. The Hall–Kier alpha value is -2.74. The van der Waals surface area contributed by atoms with Crippen LogP contribution in [-0.2, 0) is 16.1 Å². The van der Waals surface area contributed by atoms with Crippen molar-refractivity contribution in [3.8, 4) is 0 Å². The Morgan fingerprint density at radius 2 is 1.95 bits per heavy atom. The van der Waals surface area contributed by atoms with E-state index in [4.69, 9.17) is 5.73 Å². The molecule has 110 valence electrons. The van der Waals surface area contributed by atoms with E-state index in [-0.39, 0.29) is 24.9 Å². The molecule has 2 amide bonds. The molecule has 0 saturated heterocycles. The largest absolute Gasteiger partial charge is 0.346 e. The molecule has 0 atom stereocenters. The minimum Gasteiger partial charge on any atom is -0.346 e. The summed E-state index contributed by atoms with van der Waals surface area (Å²) in [7, 11) is 0. The van der Waals surface area contributed by atoms with E-state index in [1.807, 2.05) is 12.1 Å². The molecule has 0 fully saturated rings. The molecule has 21 heavy (non-hydrogen) atoms. The molecule has 0 saturated carbocycles. The average Bonchev–Trinajstić information content (AvgIpc) is 3.00. The summed E-state index contributed by atoms with van der Waals surface area (Å²) >= 11 is 0. The first-order valence-electron chi connectivity index (χ1n) is 6.35. The van der Waals surface area contributed by atoms with Crippen molar-refractivity contribution in [3.05, 3.63) is 42.5 Å². The lowest BCUT2D eigenvalue weighted by atomic mass is 10.2. The van der Waals surface area contributed by atoms with E-state index in [1.165, 1.54) is 6.33 Å². The van der Waals surface area contributed by atoms with Crippen molar-refractivity contribution >= 4 is 17.5 Å². The summed E-state index contributed by atoms with van der Waals surface area (Å²) in [5.41, 5.74) is 6.82. The van der Waals surface area contributed by atoms with Gasteiger partial charge in [-0.25, -0.2) is 9.67 Å². The van der Waals surface area contributed by atoms with Gasteiger partial charge >= 0.3 is 0 Å². The van der Waals surface area contributed by atoms with Crippen LogP contribution >= 0.6 is 0 Å². The predicted molar refractivity (Wildman–Crippen MR) is 76.3 cm³/mol. The number of aromatic nitrogens is 3. The van der Waals surface area contributed by atoms with Gasteiger partial charge in [-0.3, -0.25) is 9.59 Å². The van der Waals surface area contributed by atoms with Crippen molar-refractivity contribution in [2.75, 3.05) is 18.4 Å². The van der Waals surface area contributed by atoms with Crippen LogP contribution in [0.5, 0.6) is 0 Å². The van der Waals surface area contributed by atoms with Gasteiger partial charge in [-0.1, -0.05) is 12.1 Å². The molecule has 4 N–H and O–H groups in total. The Labute approximate surface area is 121 Å². The summed E-state index contributed by atoms with van der Waals surface area (Å²) in [4.78, 5) is 26.4. The predicted octanol–water partition coefficient (Wildman–Crippen LogP) is -0.660. The standard InChI is InChI=1S/C13H16N6O2/c14-5-12(20)16-6-13(21)18-11-3-1-10(2-4-11)7-19-9-15-8-17-19/h1-4,8-9H,5-7,14H2,(H,16,20)(H,18,21). The molecule has 1 aromatic carbocycles. The SMILES string of the molecule is NCC(=O)NCC(=O)Nc1ccc(Cn2cncn2)cc1. The fourth-order valence-corrected chi connectivity index (χ4v) is 1.65. The van der Waals surface area contributed by atoms with Crippen LogP contribution in [-0.4, -0.2) is 39.7 Å². The number of nitrogens with zero attached hydrogens (tertiary/aromatic N) is 3. The Morgan fingerprint density at radius 1 is 1.19 bits per heavy atom. The third-order valence-corrected chi connectivity index (χ3v) is 2.68. The van der Waals surface area contributed by atoms with E-state index < -0.39 is 0 Å². The fraction of sp³-hybridized carbons (Fsp3) is 0.231. The number of hydrogen-bond acceptors (Lipinski definition) is 5. The highest BCUT2D eigenvalue weighted by molar-refractivity contribution is 5.94. The first kappa shape index (κ1) is 14.7. The van der Waals surface area contributed by atoms with Crippen molar-refractivity contribution in [1.29, 1.82) is 0 Å². The van der Waals surface area contributed by atoms with Crippen LogP contribution < -0.4 is 16.4 Å². The third-order valence-electron chi connectivity index (χ3n) is 2.68.